The molecule has 5 aliphatic rings. The molecule has 0 aromatic heterocycles. The Morgan fingerprint density at radius 3 is 1.81 bits per heavy atom. The predicted molar refractivity (Wildman–Crippen MR) is 204 cm³/mol. The maximum absolute atomic E-state index is 2.61. The Hall–Kier alpha value is -5.04. The molecule has 4 aliphatic heterocycles. The number of nitrogens with zero attached hydrogens (tertiary/aromatic N) is 3. The van der Waals surface area contributed by atoms with Gasteiger partial charge >= 0.3 is 0 Å². The number of anilines is 8. The van der Waals surface area contributed by atoms with E-state index in [2.05, 4.69) is 160 Å². The van der Waals surface area contributed by atoms with Crippen molar-refractivity contribution in [1.82, 2.24) is 0 Å². The Kier molecular flexibility index (Phi) is 5.75. The molecule has 0 saturated carbocycles. The zero-order chi connectivity index (χ0) is 31.3. The highest BCUT2D eigenvalue weighted by Crippen LogP contribution is 2.57. The molecule has 4 heterocycles. The first kappa shape index (κ1) is 27.0. The van der Waals surface area contributed by atoms with Crippen molar-refractivity contribution in [2.45, 2.75) is 27.5 Å². The second-order valence-corrected chi connectivity index (χ2v) is 15.0. The van der Waals surface area contributed by atoms with Crippen LogP contribution < -0.4 is 31.1 Å². The van der Waals surface area contributed by atoms with Crippen LogP contribution >= 0.6 is 23.5 Å². The number of rotatable bonds is 3. The standard InChI is InChI=1S/C42H28BN3S2/c1-3-13-27(14-4-1)44(28-15-5-2-6-16-28)29-25-34-40-35(26-29)46-33-20-8-10-22-37(33)48-39-24-12-18-31(42(39)46)43(40)30-17-11-23-38-41(30)45(34)32-19-7-9-21-36(32)47-38/h1-7,9,11-26H,8,10H2. The van der Waals surface area contributed by atoms with E-state index in [1.807, 2.05) is 23.5 Å². The first-order valence-corrected chi connectivity index (χ1v) is 18.3. The molecule has 0 radical (unpaired) electrons. The lowest BCUT2D eigenvalue weighted by atomic mass is 9.33. The molecule has 0 atom stereocenters. The van der Waals surface area contributed by atoms with E-state index in [4.69, 9.17) is 0 Å². The monoisotopic (exact) mass is 649 g/mol. The van der Waals surface area contributed by atoms with Crippen molar-refractivity contribution in [3.05, 3.63) is 156 Å². The van der Waals surface area contributed by atoms with Crippen LogP contribution in [0.3, 0.4) is 0 Å². The van der Waals surface area contributed by atoms with Gasteiger partial charge in [0.1, 0.15) is 0 Å². The van der Waals surface area contributed by atoms with E-state index in [0.29, 0.717) is 0 Å². The van der Waals surface area contributed by atoms with Crippen molar-refractivity contribution < 1.29 is 0 Å². The Balaban J connectivity index is 1.28. The molecule has 6 aromatic carbocycles. The normalized spacial score (nSPS) is 15.7. The summed E-state index contributed by atoms with van der Waals surface area (Å²) in [6.45, 7) is 0.129. The molecule has 6 heteroatoms. The van der Waals surface area contributed by atoms with Crippen molar-refractivity contribution in [2.24, 2.45) is 0 Å². The van der Waals surface area contributed by atoms with Gasteiger partial charge < -0.3 is 14.7 Å². The van der Waals surface area contributed by atoms with Crippen LogP contribution in [0.5, 0.6) is 0 Å². The van der Waals surface area contributed by atoms with Gasteiger partial charge in [0, 0.05) is 42.3 Å². The first-order valence-electron chi connectivity index (χ1n) is 16.6. The number of allylic oxidation sites excluding steroid dienone is 2. The van der Waals surface area contributed by atoms with E-state index in [0.717, 1.165) is 29.9 Å². The third kappa shape index (κ3) is 3.70. The van der Waals surface area contributed by atoms with Crippen LogP contribution in [-0.2, 0) is 0 Å². The molecule has 1 aliphatic carbocycles. The molecule has 0 unspecified atom stereocenters. The van der Waals surface area contributed by atoms with Gasteiger partial charge in [-0.2, -0.15) is 0 Å². The van der Waals surface area contributed by atoms with Gasteiger partial charge in [-0.25, -0.2) is 0 Å². The van der Waals surface area contributed by atoms with Gasteiger partial charge in [0.2, 0.25) is 0 Å². The summed E-state index contributed by atoms with van der Waals surface area (Å²) < 4.78 is 0. The van der Waals surface area contributed by atoms with Crippen LogP contribution in [0.15, 0.2) is 171 Å². The second kappa shape index (κ2) is 10.2. The van der Waals surface area contributed by atoms with E-state index >= 15 is 0 Å². The van der Waals surface area contributed by atoms with Crippen LogP contribution in [-0.4, -0.2) is 6.71 Å². The lowest BCUT2D eigenvalue weighted by molar-refractivity contribution is 0.983. The number of para-hydroxylation sites is 5. The topological polar surface area (TPSA) is 9.72 Å². The zero-order valence-electron chi connectivity index (χ0n) is 26.0. The predicted octanol–water partition coefficient (Wildman–Crippen LogP) is 10.0. The van der Waals surface area contributed by atoms with Crippen LogP contribution in [0.4, 0.5) is 45.5 Å². The van der Waals surface area contributed by atoms with Crippen molar-refractivity contribution in [1.29, 1.82) is 0 Å². The first-order chi connectivity index (χ1) is 23.8. The Morgan fingerprint density at radius 2 is 1.08 bits per heavy atom. The van der Waals surface area contributed by atoms with E-state index < -0.39 is 0 Å². The fraction of sp³-hybridized carbons (Fsp3) is 0.0476. The van der Waals surface area contributed by atoms with Crippen LogP contribution in [0.2, 0.25) is 0 Å². The molecule has 0 amide bonds. The zero-order valence-corrected chi connectivity index (χ0v) is 27.6. The third-order valence-corrected chi connectivity index (χ3v) is 12.4. The molecule has 0 spiro atoms. The summed E-state index contributed by atoms with van der Waals surface area (Å²) in [5, 5.41) is 0. The van der Waals surface area contributed by atoms with Crippen LogP contribution in [0.1, 0.15) is 12.8 Å². The SMILES string of the molecule is C1=C2Sc3cccc4c3N(C2=CCC1)c1cc(N(c2ccccc2)c2ccccc2)cc2c1B4c1cccc3c1N2c1ccccc1S3. The van der Waals surface area contributed by atoms with E-state index in [-0.39, 0.29) is 6.71 Å². The van der Waals surface area contributed by atoms with Crippen molar-refractivity contribution in [2.75, 3.05) is 14.7 Å². The fourth-order valence-electron chi connectivity index (χ4n) is 8.31. The molecule has 0 N–H and O–H groups in total. The largest absolute Gasteiger partial charge is 0.310 e. The van der Waals surface area contributed by atoms with E-state index in [1.54, 1.807) is 0 Å². The second-order valence-electron chi connectivity index (χ2n) is 12.8. The summed E-state index contributed by atoms with van der Waals surface area (Å²) in [4.78, 5) is 12.9. The number of thioether (sulfide) groups is 1. The molecular weight excluding hydrogens is 621 g/mol. The molecule has 11 rings (SSSR count). The average molecular weight is 650 g/mol. The maximum atomic E-state index is 2.61. The van der Waals surface area contributed by atoms with Gasteiger partial charge in [0.15, 0.2) is 0 Å². The molecule has 0 bridgehead atoms. The Bertz CT molecular complexity index is 2350. The van der Waals surface area contributed by atoms with Gasteiger partial charge in [-0.05, 0) is 89.9 Å². The molecule has 48 heavy (non-hydrogen) atoms. The lowest BCUT2D eigenvalue weighted by Crippen LogP contribution is -2.62. The highest BCUT2D eigenvalue weighted by molar-refractivity contribution is 8.03. The van der Waals surface area contributed by atoms with Crippen LogP contribution in [0, 0.1) is 0 Å². The highest BCUT2D eigenvalue weighted by Gasteiger charge is 2.48. The maximum Gasteiger partial charge on any atom is 0.252 e. The summed E-state index contributed by atoms with van der Waals surface area (Å²) in [7, 11) is 0. The molecule has 0 saturated heterocycles. The van der Waals surface area contributed by atoms with E-state index in [1.165, 1.54) is 70.1 Å². The Morgan fingerprint density at radius 1 is 0.500 bits per heavy atom. The number of fused-ring (bicyclic) bond motifs is 8. The number of hydrogen-bond acceptors (Lipinski definition) is 5. The minimum absolute atomic E-state index is 0.129. The molecule has 3 nitrogen and oxygen atoms in total. The quantitative estimate of drug-likeness (QED) is 0.176. The minimum atomic E-state index is 0.129. The van der Waals surface area contributed by atoms with Crippen molar-refractivity contribution in [3.63, 3.8) is 0 Å². The number of hydrogen-bond donors (Lipinski definition) is 0. The third-order valence-electron chi connectivity index (χ3n) is 10.2. The fourth-order valence-corrected chi connectivity index (χ4v) is 10.6. The van der Waals surface area contributed by atoms with Gasteiger partial charge in [0.05, 0.1) is 28.4 Å². The van der Waals surface area contributed by atoms with Crippen molar-refractivity contribution in [3.8, 4) is 0 Å². The van der Waals surface area contributed by atoms with Gasteiger partial charge in [-0.3, -0.25) is 0 Å². The Labute approximate surface area is 289 Å². The molecule has 226 valence electrons. The summed E-state index contributed by atoms with van der Waals surface area (Å²) in [5.74, 6) is 0. The molecule has 0 fully saturated rings. The smallest absolute Gasteiger partial charge is 0.252 e. The van der Waals surface area contributed by atoms with Gasteiger partial charge in [-0.15, -0.1) is 0 Å². The van der Waals surface area contributed by atoms with Gasteiger partial charge in [-0.1, -0.05) is 108 Å². The molecule has 6 aromatic rings. The van der Waals surface area contributed by atoms with E-state index in [9.17, 15) is 0 Å². The number of benzene rings is 6. The summed E-state index contributed by atoms with van der Waals surface area (Å²) in [5.41, 5.74) is 15.4. The summed E-state index contributed by atoms with van der Waals surface area (Å²) >= 11 is 3.84. The summed E-state index contributed by atoms with van der Waals surface area (Å²) in [6.07, 6.45) is 7.05. The van der Waals surface area contributed by atoms with Crippen LogP contribution in [0.25, 0.3) is 0 Å². The summed E-state index contributed by atoms with van der Waals surface area (Å²) in [6, 6.07) is 49.4. The lowest BCUT2D eigenvalue weighted by Gasteiger charge is -2.49. The van der Waals surface area contributed by atoms with Gasteiger partial charge in [0.25, 0.3) is 6.71 Å². The van der Waals surface area contributed by atoms with Crippen molar-refractivity contribution >= 4 is 92.1 Å². The minimum Gasteiger partial charge on any atom is -0.310 e. The average Bonchev–Trinajstić information content (AvgIpc) is 3.14. The highest BCUT2D eigenvalue weighted by atomic mass is 32.2. The molecular formula is C42H28BN3S2.